The van der Waals surface area contributed by atoms with Crippen molar-refractivity contribution >= 4 is 40.4 Å². The van der Waals surface area contributed by atoms with Crippen LogP contribution in [0, 0.1) is 11.8 Å². The van der Waals surface area contributed by atoms with E-state index in [-0.39, 0.29) is 17.4 Å². The first kappa shape index (κ1) is 30.3. The van der Waals surface area contributed by atoms with Crippen LogP contribution in [0.15, 0.2) is 58.7 Å². The summed E-state index contributed by atoms with van der Waals surface area (Å²) in [4.78, 5) is 35.6. The van der Waals surface area contributed by atoms with Crippen LogP contribution in [-0.2, 0) is 6.42 Å². The third-order valence-electron chi connectivity index (χ3n) is 7.42. The molecule has 9 heteroatoms. The number of hydrogen-bond acceptors (Lipinski definition) is 5. The first-order valence-corrected chi connectivity index (χ1v) is 16.0. The lowest BCUT2D eigenvalue weighted by atomic mass is 9.96. The number of carbonyl (C=O) groups excluding carboxylic acids is 1. The average Bonchev–Trinajstić information content (AvgIpc) is 3.44. The molecular formula is C33H35Cl2N3O3S. The minimum Gasteiger partial charge on any atom is -0.492 e. The number of halogens is 2. The number of benzene rings is 2. The lowest BCUT2D eigenvalue weighted by Crippen LogP contribution is -2.40. The van der Waals surface area contributed by atoms with Gasteiger partial charge in [0.25, 0.3) is 11.5 Å². The molecule has 1 fully saturated rings. The van der Waals surface area contributed by atoms with E-state index >= 15 is 0 Å². The molecule has 0 saturated carbocycles. The first-order valence-electron chi connectivity index (χ1n) is 14.4. The van der Waals surface area contributed by atoms with Crippen LogP contribution in [0.5, 0.6) is 5.75 Å². The number of amides is 1. The maximum absolute atomic E-state index is 14.5. The second-order valence-electron chi connectivity index (χ2n) is 11.2. The van der Waals surface area contributed by atoms with E-state index in [9.17, 15) is 9.59 Å². The second kappa shape index (κ2) is 13.0. The van der Waals surface area contributed by atoms with Crippen molar-refractivity contribution in [1.29, 1.82) is 0 Å². The molecule has 6 nitrogen and oxygen atoms in total. The number of pyridine rings is 1. The summed E-state index contributed by atoms with van der Waals surface area (Å²) in [6, 6.07) is 14.4. The third-order valence-corrected chi connectivity index (χ3v) is 8.78. The van der Waals surface area contributed by atoms with Crippen molar-refractivity contribution in [2.75, 3.05) is 19.7 Å². The lowest BCUT2D eigenvalue weighted by Gasteiger charge is -2.32. The van der Waals surface area contributed by atoms with Crippen LogP contribution in [0.1, 0.15) is 56.6 Å². The van der Waals surface area contributed by atoms with Gasteiger partial charge in [0.15, 0.2) is 0 Å². The van der Waals surface area contributed by atoms with E-state index in [0.29, 0.717) is 75.3 Å². The normalized spacial score (nSPS) is 15.3. The molecule has 42 heavy (non-hydrogen) atoms. The van der Waals surface area contributed by atoms with Crippen molar-refractivity contribution < 1.29 is 9.53 Å². The Balaban J connectivity index is 1.77. The summed E-state index contributed by atoms with van der Waals surface area (Å²) in [7, 11) is 0. The van der Waals surface area contributed by atoms with Gasteiger partial charge in [0.1, 0.15) is 10.8 Å². The van der Waals surface area contributed by atoms with Gasteiger partial charge < -0.3 is 9.64 Å². The van der Waals surface area contributed by atoms with Crippen LogP contribution < -0.4 is 10.3 Å². The summed E-state index contributed by atoms with van der Waals surface area (Å²) in [6.07, 6.45) is 2.57. The van der Waals surface area contributed by atoms with Gasteiger partial charge in [-0.2, -0.15) is 0 Å². The lowest BCUT2D eigenvalue weighted by molar-refractivity contribution is 0.0681. The second-order valence-corrected chi connectivity index (χ2v) is 13.0. The molecule has 0 bridgehead atoms. The molecule has 5 rings (SSSR count). The van der Waals surface area contributed by atoms with Gasteiger partial charge in [-0.05, 0) is 74.4 Å². The Morgan fingerprint density at radius 2 is 1.86 bits per heavy atom. The van der Waals surface area contributed by atoms with E-state index in [1.165, 1.54) is 11.3 Å². The van der Waals surface area contributed by atoms with Gasteiger partial charge >= 0.3 is 0 Å². The highest BCUT2D eigenvalue weighted by atomic mass is 35.5. The van der Waals surface area contributed by atoms with E-state index in [4.69, 9.17) is 32.9 Å². The van der Waals surface area contributed by atoms with Crippen LogP contribution in [0.25, 0.3) is 27.5 Å². The average molecular weight is 625 g/mol. The predicted molar refractivity (Wildman–Crippen MR) is 173 cm³/mol. The molecule has 0 radical (unpaired) electrons. The molecule has 1 aliphatic rings. The molecule has 4 aromatic rings. The molecule has 2 aromatic carbocycles. The third kappa shape index (κ3) is 6.43. The molecule has 3 heterocycles. The summed E-state index contributed by atoms with van der Waals surface area (Å²) >= 11 is 14.0. The van der Waals surface area contributed by atoms with Crippen molar-refractivity contribution in [2.45, 2.75) is 47.0 Å². The topological polar surface area (TPSA) is 64.4 Å². The number of likely N-dealkylation sites (tertiary alicyclic amines) is 1. The largest absolute Gasteiger partial charge is 0.492 e. The first-order chi connectivity index (χ1) is 20.2. The smallest absolute Gasteiger partial charge is 0.265 e. The number of nitrogens with zero attached hydrogens (tertiary/aromatic N) is 3. The zero-order valence-electron chi connectivity index (χ0n) is 24.3. The van der Waals surface area contributed by atoms with Gasteiger partial charge in [-0.15, -0.1) is 11.3 Å². The minimum atomic E-state index is -0.269. The molecular weight excluding hydrogens is 589 g/mol. The van der Waals surface area contributed by atoms with Crippen LogP contribution in [0.3, 0.4) is 0 Å². The van der Waals surface area contributed by atoms with Crippen molar-refractivity contribution in [1.82, 2.24) is 14.5 Å². The molecule has 2 aromatic heterocycles. The van der Waals surface area contributed by atoms with Gasteiger partial charge in [-0.25, -0.2) is 4.98 Å². The molecule has 0 aliphatic carbocycles. The number of piperidine rings is 1. The SMILES string of the molecule is CCOc1ccc(Cl)cc1-n1c(CC(C)C)c(C(=O)N2CCC[C@@H](C)C2)cc(-c2nc(-c3ccc(Cl)cc3)cs2)c1=O. The molecule has 0 spiro atoms. The fourth-order valence-corrected chi connectivity index (χ4v) is 6.60. The Labute approximate surface area is 260 Å². The number of hydrogen-bond donors (Lipinski definition) is 0. The Morgan fingerprint density at radius 1 is 1.12 bits per heavy atom. The van der Waals surface area contributed by atoms with Crippen LogP contribution >= 0.6 is 34.5 Å². The summed E-state index contributed by atoms with van der Waals surface area (Å²) in [6.45, 7) is 10.0. The summed E-state index contributed by atoms with van der Waals surface area (Å²) in [5, 5.41) is 3.57. The number of thiazole rings is 1. The highest BCUT2D eigenvalue weighted by molar-refractivity contribution is 7.13. The molecule has 1 aliphatic heterocycles. The number of carbonyl (C=O) groups is 1. The number of rotatable bonds is 8. The monoisotopic (exact) mass is 623 g/mol. The Morgan fingerprint density at radius 3 is 2.55 bits per heavy atom. The maximum atomic E-state index is 14.5. The Kier molecular flexibility index (Phi) is 9.41. The Bertz CT molecular complexity index is 1650. The quantitative estimate of drug-likeness (QED) is 0.198. The molecule has 1 amide bonds. The highest BCUT2D eigenvalue weighted by Gasteiger charge is 2.29. The summed E-state index contributed by atoms with van der Waals surface area (Å²) in [5.74, 6) is 1.05. The van der Waals surface area contributed by atoms with Gasteiger partial charge in [-0.3, -0.25) is 14.2 Å². The zero-order chi connectivity index (χ0) is 30.0. The van der Waals surface area contributed by atoms with E-state index < -0.39 is 0 Å². The van der Waals surface area contributed by atoms with E-state index in [1.54, 1.807) is 28.8 Å². The fraction of sp³-hybridized carbons (Fsp3) is 0.364. The van der Waals surface area contributed by atoms with E-state index in [0.717, 1.165) is 24.1 Å². The van der Waals surface area contributed by atoms with Crippen molar-refractivity contribution in [2.24, 2.45) is 11.8 Å². The van der Waals surface area contributed by atoms with Gasteiger partial charge in [0.05, 0.1) is 29.1 Å². The van der Waals surface area contributed by atoms with Gasteiger partial charge in [-0.1, -0.05) is 56.1 Å². The highest BCUT2D eigenvalue weighted by Crippen LogP contribution is 2.33. The number of aromatic nitrogens is 2. The summed E-state index contributed by atoms with van der Waals surface area (Å²) < 4.78 is 7.61. The molecule has 1 saturated heterocycles. The van der Waals surface area contributed by atoms with Crippen LogP contribution in [0.4, 0.5) is 0 Å². The van der Waals surface area contributed by atoms with Gasteiger partial charge in [0.2, 0.25) is 0 Å². The standard InChI is InChI=1S/C33H35Cl2N3O3S/c1-5-41-30-13-12-24(35)16-29(30)38-28(15-20(2)3)25(32(39)37-14-6-7-21(4)18-37)17-26(33(38)40)31-36-27(19-42-31)22-8-10-23(34)11-9-22/h8-13,16-17,19-21H,5-7,14-15,18H2,1-4H3/t21-/m1/s1. The molecule has 0 N–H and O–H groups in total. The minimum absolute atomic E-state index is 0.0679. The predicted octanol–water partition coefficient (Wildman–Crippen LogP) is 8.40. The Hall–Kier alpha value is -3.13. The molecule has 1 atom stereocenters. The molecule has 220 valence electrons. The molecule has 0 unspecified atom stereocenters. The van der Waals surface area contributed by atoms with Crippen molar-refractivity contribution in [3.63, 3.8) is 0 Å². The van der Waals surface area contributed by atoms with E-state index in [1.807, 2.05) is 41.5 Å². The number of ether oxygens (including phenoxy) is 1. The van der Waals surface area contributed by atoms with Crippen LogP contribution in [-0.4, -0.2) is 40.1 Å². The van der Waals surface area contributed by atoms with Crippen molar-refractivity contribution in [3.05, 3.63) is 85.6 Å². The van der Waals surface area contributed by atoms with Crippen molar-refractivity contribution in [3.8, 4) is 33.3 Å². The maximum Gasteiger partial charge on any atom is 0.265 e. The zero-order valence-corrected chi connectivity index (χ0v) is 26.7. The van der Waals surface area contributed by atoms with Crippen LogP contribution in [0.2, 0.25) is 10.0 Å². The fourth-order valence-electron chi connectivity index (χ4n) is 5.47. The summed E-state index contributed by atoms with van der Waals surface area (Å²) in [5.41, 5.74) is 3.41. The van der Waals surface area contributed by atoms with E-state index in [2.05, 4.69) is 20.8 Å². The van der Waals surface area contributed by atoms with Gasteiger partial charge in [0, 0.05) is 39.8 Å².